The molecule has 0 bridgehead atoms. The first kappa shape index (κ1) is 25.7. The molecule has 3 N–H and O–H groups in total. The Bertz CT molecular complexity index is 1500. The summed E-state index contributed by atoms with van der Waals surface area (Å²) < 4.78 is 40.8. The Labute approximate surface area is 211 Å². The van der Waals surface area contributed by atoms with Crippen LogP contribution in [0.25, 0.3) is 16.6 Å². The Morgan fingerprint density at radius 3 is 2.58 bits per heavy atom. The molecule has 3 heterocycles. The van der Waals surface area contributed by atoms with Crippen LogP contribution in [-0.2, 0) is 16.6 Å². The summed E-state index contributed by atoms with van der Waals surface area (Å²) in [5, 5.41) is 6.84. The summed E-state index contributed by atoms with van der Waals surface area (Å²) in [6, 6.07) is 7.56. The molecule has 2 aromatic heterocycles. The lowest BCUT2D eigenvalue weighted by Gasteiger charge is -2.16. The van der Waals surface area contributed by atoms with Crippen LogP contribution < -0.4 is 20.9 Å². The number of sulfonamides is 1. The Kier molecular flexibility index (Phi) is 7.33. The third kappa shape index (κ3) is 5.53. The molecule has 36 heavy (non-hydrogen) atoms. The number of benzene rings is 1. The maximum atomic E-state index is 13.3. The lowest BCUT2D eigenvalue weighted by molar-refractivity contribution is 0.256. The Morgan fingerprint density at radius 1 is 1.22 bits per heavy atom. The lowest BCUT2D eigenvalue weighted by atomic mass is 10.1. The van der Waals surface area contributed by atoms with Gasteiger partial charge in [-0.2, -0.15) is 0 Å². The van der Waals surface area contributed by atoms with Crippen LogP contribution in [0.4, 0.5) is 20.6 Å². The number of alkyl halides is 1. The van der Waals surface area contributed by atoms with Gasteiger partial charge >= 0.3 is 6.03 Å². The maximum absolute atomic E-state index is 13.3. The molecule has 10 nitrogen and oxygen atoms in total. The van der Waals surface area contributed by atoms with E-state index in [9.17, 15) is 22.4 Å². The van der Waals surface area contributed by atoms with Crippen molar-refractivity contribution in [1.29, 1.82) is 0 Å². The summed E-state index contributed by atoms with van der Waals surface area (Å²) in [6.07, 6.45) is 4.25. The SMILES string of the molecule is CNc1ccc2c(=O)n(-c3ccc(NC(=O)NS(=O)(=O)C4=CCC(F)S4)cn3)cc(CN(C)C)c2c1. The summed E-state index contributed by atoms with van der Waals surface area (Å²) in [5.74, 6) is 0.333. The van der Waals surface area contributed by atoms with E-state index in [-0.39, 0.29) is 21.9 Å². The first-order chi connectivity index (χ1) is 17.1. The van der Waals surface area contributed by atoms with E-state index in [2.05, 4.69) is 15.6 Å². The van der Waals surface area contributed by atoms with E-state index in [1.54, 1.807) is 18.3 Å². The quantitative estimate of drug-likeness (QED) is 0.424. The highest BCUT2D eigenvalue weighted by molar-refractivity contribution is 8.18. The number of rotatable bonds is 7. The number of fused-ring (bicyclic) bond motifs is 1. The standard InChI is InChI=1S/C23H25FN6O4S2/c1-25-15-4-6-17-18(10-15)14(12-29(2)3)13-30(22(17)31)20-8-5-16(11-26-20)27-23(32)28-36(33,34)21-9-7-19(24)35-21/h4-6,8-11,13,19,25H,7,12H2,1-3H3,(H2,27,28,32). The molecular weight excluding hydrogens is 507 g/mol. The molecule has 1 aliphatic rings. The number of thioether (sulfide) groups is 1. The summed E-state index contributed by atoms with van der Waals surface area (Å²) in [6.45, 7) is 0.593. The second kappa shape index (κ2) is 10.3. The normalized spacial score (nSPS) is 15.7. The number of carbonyl (C=O) groups excluding carboxylic acids is 1. The van der Waals surface area contributed by atoms with Gasteiger partial charge in [0.15, 0.2) is 5.50 Å². The molecule has 13 heteroatoms. The fourth-order valence-corrected chi connectivity index (χ4v) is 6.01. The van der Waals surface area contributed by atoms with Crippen LogP contribution in [0.2, 0.25) is 0 Å². The van der Waals surface area contributed by atoms with Crippen LogP contribution in [-0.4, -0.2) is 55.5 Å². The number of hydrogen-bond acceptors (Lipinski definition) is 8. The van der Waals surface area contributed by atoms with Crippen molar-refractivity contribution in [2.45, 2.75) is 18.5 Å². The van der Waals surface area contributed by atoms with Gasteiger partial charge in [0, 0.05) is 37.3 Å². The Morgan fingerprint density at radius 2 is 1.97 bits per heavy atom. The van der Waals surface area contributed by atoms with E-state index < -0.39 is 21.6 Å². The summed E-state index contributed by atoms with van der Waals surface area (Å²) in [7, 11) is 1.52. The molecule has 0 fully saturated rings. The Hall–Kier alpha value is -3.42. The molecule has 0 spiro atoms. The second-order valence-corrected chi connectivity index (χ2v) is 11.4. The van der Waals surface area contributed by atoms with Gasteiger partial charge in [0.2, 0.25) is 0 Å². The third-order valence-electron chi connectivity index (χ3n) is 5.33. The van der Waals surface area contributed by atoms with Crippen molar-refractivity contribution in [1.82, 2.24) is 19.2 Å². The minimum Gasteiger partial charge on any atom is -0.388 e. The summed E-state index contributed by atoms with van der Waals surface area (Å²) in [4.78, 5) is 31.7. The first-order valence-electron chi connectivity index (χ1n) is 10.9. The number of anilines is 2. The smallest absolute Gasteiger partial charge is 0.333 e. The van der Waals surface area contributed by atoms with Crippen molar-refractivity contribution in [3.63, 3.8) is 0 Å². The molecule has 0 aliphatic carbocycles. The van der Waals surface area contributed by atoms with Crippen molar-refractivity contribution in [2.24, 2.45) is 0 Å². The average Bonchev–Trinajstić information content (AvgIpc) is 3.28. The fourth-order valence-electron chi connectivity index (χ4n) is 3.72. The van der Waals surface area contributed by atoms with Gasteiger partial charge in [-0.25, -0.2) is 27.3 Å². The van der Waals surface area contributed by atoms with E-state index in [1.807, 2.05) is 42.9 Å². The van der Waals surface area contributed by atoms with E-state index in [0.29, 0.717) is 29.5 Å². The number of nitrogens with zero attached hydrogens (tertiary/aromatic N) is 3. The predicted octanol–water partition coefficient (Wildman–Crippen LogP) is 3.21. The number of pyridine rings is 2. The van der Waals surface area contributed by atoms with Crippen LogP contribution >= 0.6 is 11.8 Å². The fraction of sp³-hybridized carbons (Fsp3) is 0.261. The minimum atomic E-state index is -4.16. The van der Waals surface area contributed by atoms with Gasteiger partial charge in [0.05, 0.1) is 11.9 Å². The van der Waals surface area contributed by atoms with Crippen LogP contribution in [0.3, 0.4) is 0 Å². The number of aromatic nitrogens is 2. The molecule has 190 valence electrons. The highest BCUT2D eigenvalue weighted by Crippen LogP contribution is 2.35. The van der Waals surface area contributed by atoms with Crippen LogP contribution in [0.5, 0.6) is 0 Å². The molecule has 3 aromatic rings. The zero-order valence-corrected chi connectivity index (χ0v) is 21.4. The van der Waals surface area contributed by atoms with Gasteiger partial charge in [-0.1, -0.05) is 17.8 Å². The monoisotopic (exact) mass is 532 g/mol. The van der Waals surface area contributed by atoms with Gasteiger partial charge in [0.25, 0.3) is 15.6 Å². The van der Waals surface area contributed by atoms with Crippen LogP contribution in [0.1, 0.15) is 12.0 Å². The predicted molar refractivity (Wildman–Crippen MR) is 141 cm³/mol. The molecule has 1 unspecified atom stereocenters. The molecule has 1 atom stereocenters. The molecule has 0 saturated heterocycles. The molecule has 0 radical (unpaired) electrons. The average molecular weight is 533 g/mol. The number of urea groups is 1. The van der Waals surface area contributed by atoms with Crippen molar-refractivity contribution in [3.8, 4) is 5.82 Å². The van der Waals surface area contributed by atoms with Gasteiger partial charge < -0.3 is 15.5 Å². The largest absolute Gasteiger partial charge is 0.388 e. The molecule has 1 aromatic carbocycles. The number of allylic oxidation sites excluding steroid dienone is 1. The zero-order valence-electron chi connectivity index (χ0n) is 19.8. The van der Waals surface area contributed by atoms with Crippen molar-refractivity contribution in [2.75, 3.05) is 31.8 Å². The number of amides is 2. The number of halogens is 1. The number of hydrogen-bond donors (Lipinski definition) is 3. The molecule has 4 rings (SSSR count). The van der Waals surface area contributed by atoms with Gasteiger partial charge in [-0.3, -0.25) is 9.36 Å². The molecular formula is C23H25FN6O4S2. The third-order valence-corrected chi connectivity index (χ3v) is 8.28. The first-order valence-corrected chi connectivity index (χ1v) is 13.3. The zero-order chi connectivity index (χ0) is 26.0. The van der Waals surface area contributed by atoms with Crippen molar-refractivity contribution in [3.05, 3.63) is 69.0 Å². The van der Waals surface area contributed by atoms with Gasteiger partial charge in [-0.15, -0.1) is 0 Å². The second-order valence-electron chi connectivity index (χ2n) is 8.33. The van der Waals surface area contributed by atoms with E-state index in [4.69, 9.17) is 0 Å². The van der Waals surface area contributed by atoms with Gasteiger partial charge in [0.1, 0.15) is 10.1 Å². The van der Waals surface area contributed by atoms with Crippen molar-refractivity contribution >= 4 is 50.0 Å². The van der Waals surface area contributed by atoms with Crippen LogP contribution in [0, 0.1) is 0 Å². The summed E-state index contributed by atoms with van der Waals surface area (Å²) in [5.41, 5.74) is 0.429. The van der Waals surface area contributed by atoms with Crippen LogP contribution in [0.15, 0.2) is 57.8 Å². The topological polar surface area (TPSA) is 125 Å². The number of nitrogens with one attached hydrogen (secondary N) is 3. The lowest BCUT2D eigenvalue weighted by Crippen LogP contribution is -2.34. The van der Waals surface area contributed by atoms with E-state index >= 15 is 0 Å². The Balaban J connectivity index is 1.58. The minimum absolute atomic E-state index is 0.0328. The number of carbonyl (C=O) groups is 1. The van der Waals surface area contributed by atoms with E-state index in [0.717, 1.165) is 16.6 Å². The van der Waals surface area contributed by atoms with Crippen molar-refractivity contribution < 1.29 is 17.6 Å². The van der Waals surface area contributed by atoms with E-state index in [1.165, 1.54) is 22.9 Å². The molecule has 0 saturated carbocycles. The highest BCUT2D eigenvalue weighted by Gasteiger charge is 2.28. The van der Waals surface area contributed by atoms with Gasteiger partial charge in [-0.05, 0) is 55.4 Å². The summed E-state index contributed by atoms with van der Waals surface area (Å²) >= 11 is 0.542. The molecule has 2 amide bonds. The maximum Gasteiger partial charge on any atom is 0.333 e. The molecule has 1 aliphatic heterocycles. The highest BCUT2D eigenvalue weighted by atomic mass is 32.3.